The number of aliphatic hydroxyl groups excluding tert-OH is 3. The summed E-state index contributed by atoms with van der Waals surface area (Å²) in [7, 11) is 0. The molecule has 2 aliphatic rings. The van der Waals surface area contributed by atoms with Gasteiger partial charge >= 0.3 is 5.97 Å². The van der Waals surface area contributed by atoms with E-state index in [1.165, 1.54) is 6.08 Å². The van der Waals surface area contributed by atoms with Crippen LogP contribution in [-0.2, 0) is 14.3 Å². The van der Waals surface area contributed by atoms with Crippen LogP contribution in [0.4, 0.5) is 0 Å². The normalized spacial score (nSPS) is 39.0. The molecular formula is C24H34O6. The number of carbonyl (C=O) groups excluding carboxylic acids is 1. The van der Waals surface area contributed by atoms with E-state index in [1.54, 1.807) is 42.5 Å². The van der Waals surface area contributed by atoms with Crippen molar-refractivity contribution in [2.45, 2.75) is 82.1 Å². The number of carbonyl (C=O) groups is 1. The van der Waals surface area contributed by atoms with Crippen molar-refractivity contribution in [2.75, 3.05) is 0 Å². The summed E-state index contributed by atoms with van der Waals surface area (Å²) in [4.78, 5) is 11.8. The Morgan fingerprint density at radius 3 is 2.57 bits per heavy atom. The van der Waals surface area contributed by atoms with E-state index in [2.05, 4.69) is 0 Å². The minimum atomic E-state index is -0.718. The second-order valence-electron chi connectivity index (χ2n) is 7.80. The van der Waals surface area contributed by atoms with Crippen LogP contribution in [0.15, 0.2) is 60.8 Å². The minimum absolute atomic E-state index is 0.0862. The Morgan fingerprint density at radius 2 is 1.73 bits per heavy atom. The molecule has 0 unspecified atom stereocenters. The van der Waals surface area contributed by atoms with Crippen LogP contribution in [0.1, 0.15) is 45.4 Å². The molecule has 0 aromatic rings. The van der Waals surface area contributed by atoms with Crippen LogP contribution in [0.5, 0.6) is 0 Å². The Hall–Kier alpha value is -1.99. The lowest BCUT2D eigenvalue weighted by atomic mass is 10.0. The van der Waals surface area contributed by atoms with Gasteiger partial charge in [0.1, 0.15) is 6.10 Å². The number of hydrogen-bond acceptors (Lipinski definition) is 6. The molecule has 1 saturated heterocycles. The number of fused-ring (bicyclic) bond motifs is 1. The van der Waals surface area contributed by atoms with Crippen molar-refractivity contribution >= 4 is 5.97 Å². The van der Waals surface area contributed by atoms with Crippen LogP contribution in [0, 0.1) is 0 Å². The molecule has 0 bridgehead atoms. The van der Waals surface area contributed by atoms with Crippen molar-refractivity contribution in [3.8, 4) is 0 Å². The zero-order valence-corrected chi connectivity index (χ0v) is 17.5. The molecule has 2 heterocycles. The fourth-order valence-electron chi connectivity index (χ4n) is 3.17. The van der Waals surface area contributed by atoms with Gasteiger partial charge < -0.3 is 24.8 Å². The fourth-order valence-corrected chi connectivity index (χ4v) is 3.17. The third kappa shape index (κ3) is 10.7. The fraction of sp³-hybridized carbons (Fsp3) is 0.542. The van der Waals surface area contributed by atoms with Crippen LogP contribution in [-0.4, -0.2) is 57.9 Å². The highest BCUT2D eigenvalue weighted by Crippen LogP contribution is 2.29. The summed E-state index contributed by atoms with van der Waals surface area (Å²) >= 11 is 0. The first-order valence-corrected chi connectivity index (χ1v) is 10.7. The highest BCUT2D eigenvalue weighted by Gasteiger charge is 2.38. The molecule has 0 spiro atoms. The number of epoxide rings is 1. The maximum Gasteiger partial charge on any atom is 0.331 e. The number of esters is 1. The predicted octanol–water partition coefficient (Wildman–Crippen LogP) is 2.90. The summed E-state index contributed by atoms with van der Waals surface area (Å²) in [6.07, 6.45) is 18.5. The van der Waals surface area contributed by atoms with Crippen LogP contribution < -0.4 is 0 Å². The van der Waals surface area contributed by atoms with Gasteiger partial charge in [0.15, 0.2) is 0 Å². The Labute approximate surface area is 178 Å². The summed E-state index contributed by atoms with van der Waals surface area (Å²) in [5, 5.41) is 30.1. The molecular weight excluding hydrogens is 384 g/mol. The lowest BCUT2D eigenvalue weighted by molar-refractivity contribution is -0.142. The first-order chi connectivity index (χ1) is 14.4. The van der Waals surface area contributed by atoms with Crippen molar-refractivity contribution in [1.82, 2.24) is 0 Å². The van der Waals surface area contributed by atoms with Gasteiger partial charge in [-0.3, -0.25) is 0 Å². The van der Waals surface area contributed by atoms with Gasteiger partial charge in [0.05, 0.1) is 30.5 Å². The maximum absolute atomic E-state index is 11.8. The molecule has 0 saturated carbocycles. The van der Waals surface area contributed by atoms with Crippen LogP contribution >= 0.6 is 0 Å². The molecule has 2 aliphatic heterocycles. The first kappa shape index (κ1) is 24.3. The van der Waals surface area contributed by atoms with Crippen molar-refractivity contribution < 1.29 is 29.6 Å². The molecule has 2 rings (SSSR count). The molecule has 0 radical (unpaired) electrons. The van der Waals surface area contributed by atoms with Crippen LogP contribution in [0.25, 0.3) is 0 Å². The number of ether oxygens (including phenoxy) is 2. The summed E-state index contributed by atoms with van der Waals surface area (Å²) in [5.74, 6) is -0.381. The van der Waals surface area contributed by atoms with Gasteiger partial charge in [-0.15, -0.1) is 0 Å². The van der Waals surface area contributed by atoms with Gasteiger partial charge in [-0.1, -0.05) is 54.7 Å². The number of allylic oxidation sites excluding steroid dienone is 5. The molecule has 3 N–H and O–H groups in total. The molecule has 0 aromatic carbocycles. The smallest absolute Gasteiger partial charge is 0.331 e. The standard InChI is InChI=1S/C24H34O6/c1-18-10-6-3-2-4-7-12-20(26)16-21(27)17-23-22(30-23)15-14-19(25)11-8-5-9-13-24(28)29-18/h2,4-5,7-9,12-15,18-23,25-27H,3,6,10-11,16-17H2,1H3/b4-2+,8-5+,12-7+,13-9?,15-14+/t18-,19+,20+,21-,22-,23+/m1/s1. The third-order valence-corrected chi connectivity index (χ3v) is 4.90. The lowest BCUT2D eigenvalue weighted by Crippen LogP contribution is -2.18. The zero-order chi connectivity index (χ0) is 21.8. The number of aliphatic hydroxyl groups is 3. The van der Waals surface area contributed by atoms with Crippen molar-refractivity contribution in [2.24, 2.45) is 0 Å². The zero-order valence-electron chi connectivity index (χ0n) is 17.5. The van der Waals surface area contributed by atoms with E-state index in [1.807, 2.05) is 19.1 Å². The molecule has 0 aromatic heterocycles. The second-order valence-corrected chi connectivity index (χ2v) is 7.80. The summed E-state index contributed by atoms with van der Waals surface area (Å²) in [6.45, 7) is 1.87. The van der Waals surface area contributed by atoms with E-state index in [0.717, 1.165) is 19.3 Å². The molecule has 6 atom stereocenters. The van der Waals surface area contributed by atoms with Gasteiger partial charge in [-0.25, -0.2) is 4.79 Å². The number of cyclic esters (lactones) is 1. The van der Waals surface area contributed by atoms with E-state index in [4.69, 9.17) is 9.47 Å². The monoisotopic (exact) mass is 418 g/mol. The molecule has 1 fully saturated rings. The first-order valence-electron chi connectivity index (χ1n) is 10.7. The van der Waals surface area contributed by atoms with E-state index >= 15 is 0 Å². The molecule has 6 nitrogen and oxygen atoms in total. The summed E-state index contributed by atoms with van der Waals surface area (Å²) < 4.78 is 10.8. The van der Waals surface area contributed by atoms with Gasteiger partial charge in [-0.2, -0.15) is 0 Å². The van der Waals surface area contributed by atoms with Crippen molar-refractivity contribution in [3.63, 3.8) is 0 Å². The van der Waals surface area contributed by atoms with E-state index in [9.17, 15) is 20.1 Å². The van der Waals surface area contributed by atoms with Crippen molar-refractivity contribution in [3.05, 3.63) is 60.8 Å². The highest BCUT2D eigenvalue weighted by molar-refractivity contribution is 5.82. The molecule has 6 heteroatoms. The number of rotatable bonds is 0. The molecule has 0 amide bonds. The summed E-state index contributed by atoms with van der Waals surface area (Å²) in [6, 6.07) is 0. The SMILES string of the molecule is C[C@@H]1CCC/C=C/C=C/[C@H](O)C[C@@H](O)C[C@@H]2O[C@@H]2/C=C/[C@@H](O)C/C=C/C=CC(=O)O1. The largest absolute Gasteiger partial charge is 0.460 e. The summed E-state index contributed by atoms with van der Waals surface area (Å²) in [5.41, 5.74) is 0. The van der Waals surface area contributed by atoms with Gasteiger partial charge in [0.25, 0.3) is 0 Å². The predicted molar refractivity (Wildman–Crippen MR) is 116 cm³/mol. The Morgan fingerprint density at radius 1 is 0.933 bits per heavy atom. The molecule has 0 aliphatic carbocycles. The Kier molecular flexibility index (Phi) is 10.8. The lowest BCUT2D eigenvalue weighted by Gasteiger charge is -2.11. The Bertz CT molecular complexity index is 663. The van der Waals surface area contributed by atoms with E-state index in [0.29, 0.717) is 12.8 Å². The maximum atomic E-state index is 11.8. The van der Waals surface area contributed by atoms with E-state index < -0.39 is 18.3 Å². The van der Waals surface area contributed by atoms with Crippen LogP contribution in [0.3, 0.4) is 0 Å². The minimum Gasteiger partial charge on any atom is -0.460 e. The highest BCUT2D eigenvalue weighted by atomic mass is 16.6. The Balaban J connectivity index is 1.91. The van der Waals surface area contributed by atoms with Gasteiger partial charge in [0, 0.05) is 18.9 Å². The number of hydrogen-bond donors (Lipinski definition) is 3. The van der Waals surface area contributed by atoms with E-state index in [-0.39, 0.29) is 30.7 Å². The van der Waals surface area contributed by atoms with Crippen LogP contribution in [0.2, 0.25) is 0 Å². The average Bonchev–Trinajstić information content (AvgIpc) is 3.42. The molecule has 166 valence electrons. The topological polar surface area (TPSA) is 99.5 Å². The van der Waals surface area contributed by atoms with Crippen molar-refractivity contribution in [1.29, 1.82) is 0 Å². The van der Waals surface area contributed by atoms with Gasteiger partial charge in [-0.05, 0) is 32.6 Å². The molecule has 30 heavy (non-hydrogen) atoms. The van der Waals surface area contributed by atoms with Gasteiger partial charge in [0.2, 0.25) is 0 Å². The third-order valence-electron chi connectivity index (χ3n) is 4.90. The quantitative estimate of drug-likeness (QED) is 0.318. The average molecular weight is 419 g/mol. The second kappa shape index (κ2) is 13.3.